The van der Waals surface area contributed by atoms with Crippen molar-refractivity contribution in [3.05, 3.63) is 0 Å². The normalized spacial score (nSPS) is 11.4. The second-order valence-corrected chi connectivity index (χ2v) is 7.46. The van der Waals surface area contributed by atoms with E-state index in [0.717, 1.165) is 4.90 Å². The third kappa shape index (κ3) is 12.7. The number of carbonyl (C=O) groups excluding carboxylic acids is 1. The lowest BCUT2D eigenvalue weighted by Crippen LogP contribution is -2.47. The molecular weight excluding hydrogens is 440 g/mol. The Morgan fingerprint density at radius 1 is 0.606 bits per heavy atom. The van der Waals surface area contributed by atoms with Crippen molar-refractivity contribution in [2.24, 2.45) is 5.92 Å². The van der Waals surface area contributed by atoms with Gasteiger partial charge in [-0.05, 0) is 20.4 Å². The highest BCUT2D eigenvalue weighted by Crippen LogP contribution is 2.04. The van der Waals surface area contributed by atoms with Crippen LogP contribution in [-0.4, -0.2) is 142 Å². The number of carbonyl (C=O) groups is 5. The summed E-state index contributed by atoms with van der Waals surface area (Å²) in [4.78, 5) is 63.3. The molecule has 0 aliphatic rings. The summed E-state index contributed by atoms with van der Waals surface area (Å²) in [5.41, 5.74) is 0. The number of carboxylic acid groups (broad SMARTS) is 4. The summed E-state index contributed by atoms with van der Waals surface area (Å²) in [6.45, 7) is 6.81. The molecule has 0 aliphatic carbocycles. The summed E-state index contributed by atoms with van der Waals surface area (Å²) >= 11 is 0. The Hall–Kier alpha value is -2.77. The second-order valence-electron chi connectivity index (χ2n) is 7.46. The largest absolute Gasteiger partial charge is 0.481 e. The van der Waals surface area contributed by atoms with Crippen molar-refractivity contribution in [1.29, 1.82) is 0 Å². The number of hydrogen-bond donors (Lipinski definition) is 4. The van der Waals surface area contributed by atoms with Crippen LogP contribution in [0.1, 0.15) is 20.8 Å². The number of hydrogen-bond acceptors (Lipinski definition) is 8. The van der Waals surface area contributed by atoms with Crippen molar-refractivity contribution in [3.8, 4) is 0 Å². The number of amides is 1. The fraction of sp³-hybridized carbons (Fsp3) is 0.750. The van der Waals surface area contributed by atoms with Crippen LogP contribution in [0.3, 0.4) is 0 Å². The first-order valence-electron chi connectivity index (χ1n) is 10.8. The second kappa shape index (κ2) is 15.9. The van der Waals surface area contributed by atoms with Crippen LogP contribution >= 0.6 is 0 Å². The number of likely N-dealkylation sites (N-methyl/N-ethyl adjacent to an activating group) is 2. The molecule has 0 aliphatic heterocycles. The minimum atomic E-state index is -1.81. The molecule has 0 aromatic rings. The zero-order valence-corrected chi connectivity index (χ0v) is 19.5. The van der Waals surface area contributed by atoms with Crippen LogP contribution in [0.2, 0.25) is 0 Å². The van der Waals surface area contributed by atoms with Gasteiger partial charge in [-0.3, -0.25) is 38.7 Å². The van der Waals surface area contributed by atoms with E-state index in [9.17, 15) is 29.1 Å². The average Bonchev–Trinajstić information content (AvgIpc) is 2.71. The molecular formula is C20H36N4O9. The van der Waals surface area contributed by atoms with Gasteiger partial charge in [0.05, 0.1) is 19.6 Å². The molecule has 13 nitrogen and oxygen atoms in total. The van der Waals surface area contributed by atoms with Crippen molar-refractivity contribution in [2.45, 2.75) is 20.8 Å². The third-order valence-corrected chi connectivity index (χ3v) is 5.14. The summed E-state index contributed by atoms with van der Waals surface area (Å²) in [6, 6.07) is 0. The lowest BCUT2D eigenvalue weighted by Gasteiger charge is -2.29. The molecule has 4 N–H and O–H groups in total. The highest BCUT2D eigenvalue weighted by molar-refractivity contribution is 5.93. The Morgan fingerprint density at radius 3 is 1.42 bits per heavy atom. The van der Waals surface area contributed by atoms with Crippen molar-refractivity contribution in [1.82, 2.24) is 19.6 Å². The molecule has 0 heterocycles. The number of aliphatic carboxylic acids is 4. The first-order chi connectivity index (χ1) is 15.4. The third-order valence-electron chi connectivity index (χ3n) is 5.14. The van der Waals surface area contributed by atoms with Crippen LogP contribution in [0, 0.1) is 5.92 Å². The van der Waals surface area contributed by atoms with Gasteiger partial charge >= 0.3 is 23.9 Å². The molecule has 0 unspecified atom stereocenters. The van der Waals surface area contributed by atoms with Crippen molar-refractivity contribution in [3.63, 3.8) is 0 Å². The maximum Gasteiger partial charge on any atom is 0.319 e. The Labute approximate surface area is 193 Å². The summed E-state index contributed by atoms with van der Waals surface area (Å²) < 4.78 is 0. The molecule has 0 rings (SSSR count). The van der Waals surface area contributed by atoms with Gasteiger partial charge in [-0.1, -0.05) is 6.92 Å². The first kappa shape index (κ1) is 30.2. The Bertz CT molecular complexity index is 656. The molecule has 0 atom stereocenters. The van der Waals surface area contributed by atoms with E-state index in [4.69, 9.17) is 15.3 Å². The van der Waals surface area contributed by atoms with Gasteiger partial charge < -0.3 is 25.3 Å². The van der Waals surface area contributed by atoms with Crippen LogP contribution in [0.25, 0.3) is 0 Å². The van der Waals surface area contributed by atoms with E-state index >= 15 is 0 Å². The SMILES string of the molecule is CCN(CCN(CCN(CC(=O)O)CC(C(=O)O)C(=O)O)CC(=O)O)CC(=O)N(CC)CC. The molecule has 1 amide bonds. The monoisotopic (exact) mass is 476 g/mol. The highest BCUT2D eigenvalue weighted by Gasteiger charge is 2.29. The van der Waals surface area contributed by atoms with E-state index in [1.54, 1.807) is 4.90 Å². The molecule has 0 saturated heterocycles. The highest BCUT2D eigenvalue weighted by atomic mass is 16.4. The van der Waals surface area contributed by atoms with E-state index in [0.29, 0.717) is 26.2 Å². The van der Waals surface area contributed by atoms with Crippen LogP contribution in [-0.2, 0) is 24.0 Å². The maximum absolute atomic E-state index is 12.3. The predicted molar refractivity (Wildman–Crippen MR) is 117 cm³/mol. The van der Waals surface area contributed by atoms with Crippen molar-refractivity contribution in [2.75, 3.05) is 72.0 Å². The maximum atomic E-state index is 12.3. The van der Waals surface area contributed by atoms with Gasteiger partial charge in [-0.2, -0.15) is 0 Å². The van der Waals surface area contributed by atoms with E-state index in [2.05, 4.69) is 0 Å². The molecule has 0 aromatic carbocycles. The molecule has 0 radical (unpaired) electrons. The summed E-state index contributed by atoms with van der Waals surface area (Å²) in [5, 5.41) is 36.4. The molecule has 13 heteroatoms. The Balaban J connectivity index is 5.14. The minimum absolute atomic E-state index is 0.0346. The number of carboxylic acids is 4. The molecule has 190 valence electrons. The van der Waals surface area contributed by atoms with Crippen molar-refractivity contribution < 1.29 is 44.4 Å². The molecule has 0 spiro atoms. The first-order valence-corrected chi connectivity index (χ1v) is 10.8. The van der Waals surface area contributed by atoms with Crippen LogP contribution in [0.5, 0.6) is 0 Å². The molecule has 0 bridgehead atoms. The molecule has 0 saturated carbocycles. The van der Waals surface area contributed by atoms with Gasteiger partial charge in [0.2, 0.25) is 5.91 Å². The standard InChI is InChI=1S/C20H36N4O9/c1-4-21(12-16(25)24(5-2)6-3)7-8-22(13-17(26)27)9-10-23(14-18(28)29)11-15(19(30)31)20(32)33/h15H,4-14H2,1-3H3,(H,26,27)(H,28,29)(H,30,31)(H,32,33). The summed E-state index contributed by atoms with van der Waals surface area (Å²) in [7, 11) is 0. The van der Waals surface area contributed by atoms with Crippen molar-refractivity contribution >= 4 is 29.8 Å². The molecule has 33 heavy (non-hydrogen) atoms. The zero-order valence-electron chi connectivity index (χ0n) is 19.5. The van der Waals surface area contributed by atoms with Crippen LogP contribution in [0.4, 0.5) is 0 Å². The number of rotatable bonds is 19. The average molecular weight is 477 g/mol. The van der Waals surface area contributed by atoms with Crippen LogP contribution < -0.4 is 0 Å². The summed E-state index contributed by atoms with van der Waals surface area (Å²) in [6.07, 6.45) is 0. The Morgan fingerprint density at radius 2 is 1.03 bits per heavy atom. The van der Waals surface area contributed by atoms with E-state index < -0.39 is 42.9 Å². The smallest absolute Gasteiger partial charge is 0.319 e. The van der Waals surface area contributed by atoms with Gasteiger partial charge in [-0.25, -0.2) is 0 Å². The van der Waals surface area contributed by atoms with Gasteiger partial charge in [-0.15, -0.1) is 0 Å². The van der Waals surface area contributed by atoms with Gasteiger partial charge in [0.25, 0.3) is 0 Å². The lowest BCUT2D eigenvalue weighted by atomic mass is 10.1. The topological polar surface area (TPSA) is 179 Å². The van der Waals surface area contributed by atoms with Gasteiger partial charge in [0.1, 0.15) is 0 Å². The van der Waals surface area contributed by atoms with Crippen LogP contribution in [0.15, 0.2) is 0 Å². The quantitative estimate of drug-likeness (QED) is 0.163. The van der Waals surface area contributed by atoms with E-state index in [1.807, 2.05) is 25.7 Å². The predicted octanol–water partition coefficient (Wildman–Crippen LogP) is -1.26. The molecule has 0 fully saturated rings. The van der Waals surface area contributed by atoms with Gasteiger partial charge in [0, 0.05) is 45.8 Å². The van der Waals surface area contributed by atoms with E-state index in [-0.39, 0.29) is 38.6 Å². The number of nitrogens with zero attached hydrogens (tertiary/aromatic N) is 4. The summed E-state index contributed by atoms with van der Waals surface area (Å²) in [5.74, 6) is -7.38. The van der Waals surface area contributed by atoms with E-state index in [1.165, 1.54) is 4.90 Å². The Kier molecular flexibility index (Phi) is 14.6. The fourth-order valence-corrected chi connectivity index (χ4v) is 3.19. The minimum Gasteiger partial charge on any atom is -0.481 e. The zero-order chi connectivity index (χ0) is 25.6. The van der Waals surface area contributed by atoms with Gasteiger partial charge in [0.15, 0.2) is 5.92 Å². The molecule has 0 aromatic heterocycles. The lowest BCUT2D eigenvalue weighted by molar-refractivity contribution is -0.156. The fourth-order valence-electron chi connectivity index (χ4n) is 3.19.